The fourth-order valence-corrected chi connectivity index (χ4v) is 5.40. The van der Waals surface area contributed by atoms with Crippen LogP contribution in [0.3, 0.4) is 0 Å². The summed E-state index contributed by atoms with van der Waals surface area (Å²) in [5.74, 6) is 1.99. The second-order valence-corrected chi connectivity index (χ2v) is 8.24. The maximum Gasteiger partial charge on any atom is 0.246 e. The summed E-state index contributed by atoms with van der Waals surface area (Å²) >= 11 is 1.86. The minimum Gasteiger partial charge on any atom is -0.464 e. The molecular weight excluding hydrogens is 296 g/mol. The quantitative estimate of drug-likeness (QED) is 0.897. The minimum absolute atomic E-state index is 0.310. The van der Waals surface area contributed by atoms with Crippen LogP contribution < -0.4 is 5.32 Å². The third-order valence-electron chi connectivity index (χ3n) is 3.45. The van der Waals surface area contributed by atoms with Crippen molar-refractivity contribution in [3.05, 3.63) is 17.6 Å². The molecule has 2 heterocycles. The zero-order chi connectivity index (χ0) is 14.8. The lowest BCUT2D eigenvalue weighted by atomic mass is 10.3. The highest BCUT2D eigenvalue weighted by molar-refractivity contribution is 8.00. The second kappa shape index (κ2) is 6.51. The summed E-state index contributed by atoms with van der Waals surface area (Å²) in [5, 5.41) is 3.36. The highest BCUT2D eigenvalue weighted by Crippen LogP contribution is 2.29. The van der Waals surface area contributed by atoms with E-state index in [0.29, 0.717) is 41.3 Å². The summed E-state index contributed by atoms with van der Waals surface area (Å²) < 4.78 is 32.6. The molecule has 0 radical (unpaired) electrons. The van der Waals surface area contributed by atoms with Crippen molar-refractivity contribution in [1.29, 1.82) is 0 Å². The van der Waals surface area contributed by atoms with Crippen molar-refractivity contribution < 1.29 is 12.8 Å². The van der Waals surface area contributed by atoms with Gasteiger partial charge in [0.15, 0.2) is 0 Å². The highest BCUT2D eigenvalue weighted by Gasteiger charge is 2.32. The molecule has 5 nitrogen and oxygen atoms in total. The first-order valence-electron chi connectivity index (χ1n) is 6.84. The van der Waals surface area contributed by atoms with Gasteiger partial charge in [-0.05, 0) is 20.4 Å². The van der Waals surface area contributed by atoms with Gasteiger partial charge >= 0.3 is 0 Å². The van der Waals surface area contributed by atoms with E-state index >= 15 is 0 Å². The minimum atomic E-state index is -3.43. The Morgan fingerprint density at radius 1 is 1.55 bits per heavy atom. The van der Waals surface area contributed by atoms with Gasteiger partial charge in [0.2, 0.25) is 10.0 Å². The Morgan fingerprint density at radius 2 is 2.30 bits per heavy atom. The molecule has 1 aliphatic rings. The monoisotopic (exact) mass is 318 g/mol. The molecule has 7 heteroatoms. The van der Waals surface area contributed by atoms with Crippen LogP contribution in [0.1, 0.15) is 24.9 Å². The van der Waals surface area contributed by atoms with E-state index < -0.39 is 10.0 Å². The molecule has 1 saturated heterocycles. The van der Waals surface area contributed by atoms with Gasteiger partial charge in [0.05, 0.1) is 6.54 Å². The van der Waals surface area contributed by atoms with Gasteiger partial charge in [-0.2, -0.15) is 16.1 Å². The normalized spacial score (nSPS) is 21.2. The highest BCUT2D eigenvalue weighted by atomic mass is 32.2. The number of hydrogen-bond donors (Lipinski definition) is 1. The Morgan fingerprint density at radius 3 is 2.95 bits per heavy atom. The Kier molecular flexibility index (Phi) is 5.17. The van der Waals surface area contributed by atoms with Crippen LogP contribution in [0, 0.1) is 6.92 Å². The third kappa shape index (κ3) is 3.21. The van der Waals surface area contributed by atoms with Crippen LogP contribution in [0.25, 0.3) is 0 Å². The lowest BCUT2D eigenvalue weighted by Crippen LogP contribution is -2.41. The molecule has 20 heavy (non-hydrogen) atoms. The smallest absolute Gasteiger partial charge is 0.246 e. The van der Waals surface area contributed by atoms with E-state index in [4.69, 9.17) is 4.42 Å². The van der Waals surface area contributed by atoms with E-state index in [2.05, 4.69) is 12.2 Å². The lowest BCUT2D eigenvalue weighted by Gasteiger charge is -2.30. The van der Waals surface area contributed by atoms with Crippen molar-refractivity contribution in [1.82, 2.24) is 9.62 Å². The molecule has 1 unspecified atom stereocenters. The SMILES string of the molecule is CCC1CN(S(=O)(=O)c2cc(CNC)oc2C)CCS1. The summed E-state index contributed by atoms with van der Waals surface area (Å²) in [5.41, 5.74) is 0. The van der Waals surface area contributed by atoms with E-state index in [0.717, 1.165) is 12.2 Å². The van der Waals surface area contributed by atoms with Crippen LogP contribution in [0.4, 0.5) is 0 Å². The molecule has 0 bridgehead atoms. The summed E-state index contributed by atoms with van der Waals surface area (Å²) in [6.45, 7) is 5.51. The Balaban J connectivity index is 2.25. The van der Waals surface area contributed by atoms with E-state index in [-0.39, 0.29) is 0 Å². The molecule has 1 aliphatic heterocycles. The number of nitrogens with one attached hydrogen (secondary N) is 1. The van der Waals surface area contributed by atoms with Gasteiger partial charge in [-0.15, -0.1) is 0 Å². The number of thioether (sulfide) groups is 1. The van der Waals surface area contributed by atoms with Crippen LogP contribution in [0.5, 0.6) is 0 Å². The van der Waals surface area contributed by atoms with Crippen molar-refractivity contribution in [2.24, 2.45) is 0 Å². The van der Waals surface area contributed by atoms with Crippen LogP contribution in [0.2, 0.25) is 0 Å². The average Bonchev–Trinajstić information content (AvgIpc) is 2.81. The summed E-state index contributed by atoms with van der Waals surface area (Å²) in [6, 6.07) is 1.64. The van der Waals surface area contributed by atoms with Gasteiger partial charge < -0.3 is 9.73 Å². The molecule has 0 aromatic carbocycles. The van der Waals surface area contributed by atoms with Crippen molar-refractivity contribution in [3.63, 3.8) is 0 Å². The molecule has 0 saturated carbocycles. The number of rotatable bonds is 5. The van der Waals surface area contributed by atoms with E-state index in [1.165, 1.54) is 0 Å². The maximum absolute atomic E-state index is 12.7. The zero-order valence-corrected chi connectivity index (χ0v) is 13.8. The van der Waals surface area contributed by atoms with Gasteiger partial charge in [0.1, 0.15) is 16.4 Å². The Hall–Kier alpha value is -0.500. The van der Waals surface area contributed by atoms with Crippen molar-refractivity contribution >= 4 is 21.8 Å². The van der Waals surface area contributed by atoms with E-state index in [1.807, 2.05) is 11.8 Å². The molecule has 1 N–H and O–H groups in total. The third-order valence-corrected chi connectivity index (χ3v) is 6.79. The number of furan rings is 1. The summed E-state index contributed by atoms with van der Waals surface area (Å²) in [6.07, 6.45) is 0.992. The number of aryl methyl sites for hydroxylation is 1. The Labute approximate surface area is 125 Å². The molecule has 114 valence electrons. The number of sulfonamides is 1. The molecule has 1 fully saturated rings. The predicted octanol–water partition coefficient (Wildman–Crippen LogP) is 1.82. The van der Waals surface area contributed by atoms with Gasteiger partial charge in [-0.25, -0.2) is 8.42 Å². The molecule has 1 aromatic rings. The van der Waals surface area contributed by atoms with Crippen molar-refractivity contribution in [2.45, 2.75) is 37.0 Å². The molecular formula is C13H22N2O3S2. The molecule has 2 rings (SSSR count). The van der Waals surface area contributed by atoms with Crippen LogP contribution in [0.15, 0.2) is 15.4 Å². The first-order chi connectivity index (χ1) is 9.48. The molecule has 1 aromatic heterocycles. The van der Waals surface area contributed by atoms with E-state index in [1.54, 1.807) is 24.3 Å². The van der Waals surface area contributed by atoms with Gasteiger partial charge in [0.25, 0.3) is 0 Å². The molecule has 0 aliphatic carbocycles. The van der Waals surface area contributed by atoms with Crippen LogP contribution in [-0.4, -0.2) is 43.9 Å². The first-order valence-corrected chi connectivity index (χ1v) is 9.33. The molecule has 0 amide bonds. The fraction of sp³-hybridized carbons (Fsp3) is 0.692. The summed E-state index contributed by atoms with van der Waals surface area (Å²) in [7, 11) is -1.63. The van der Waals surface area contributed by atoms with Crippen LogP contribution in [-0.2, 0) is 16.6 Å². The topological polar surface area (TPSA) is 62.6 Å². The van der Waals surface area contributed by atoms with Gasteiger partial charge in [-0.1, -0.05) is 6.92 Å². The molecule has 1 atom stereocenters. The van der Waals surface area contributed by atoms with Crippen LogP contribution >= 0.6 is 11.8 Å². The van der Waals surface area contributed by atoms with Gasteiger partial charge in [-0.3, -0.25) is 0 Å². The number of hydrogen-bond acceptors (Lipinski definition) is 5. The maximum atomic E-state index is 12.7. The zero-order valence-electron chi connectivity index (χ0n) is 12.2. The standard InChI is InChI=1S/C13H22N2O3S2/c1-4-12-9-15(5-6-19-12)20(16,17)13-7-11(8-14-3)18-10(13)2/h7,12,14H,4-6,8-9H2,1-3H3. The average molecular weight is 318 g/mol. The first kappa shape index (κ1) is 15.9. The van der Waals surface area contributed by atoms with Crippen molar-refractivity contribution in [2.75, 3.05) is 25.9 Å². The fourth-order valence-electron chi connectivity index (χ4n) is 2.34. The summed E-state index contributed by atoms with van der Waals surface area (Å²) in [4.78, 5) is 0.310. The molecule has 0 spiro atoms. The largest absolute Gasteiger partial charge is 0.464 e. The lowest BCUT2D eigenvalue weighted by molar-refractivity contribution is 0.413. The Bertz CT molecular complexity index is 554. The van der Waals surface area contributed by atoms with Crippen molar-refractivity contribution in [3.8, 4) is 0 Å². The predicted molar refractivity (Wildman–Crippen MR) is 81.5 cm³/mol. The second-order valence-electron chi connectivity index (χ2n) is 4.93. The van der Waals surface area contributed by atoms with E-state index in [9.17, 15) is 8.42 Å². The number of nitrogens with zero attached hydrogens (tertiary/aromatic N) is 1. The van der Waals surface area contributed by atoms with Gasteiger partial charge in [0, 0.05) is 30.2 Å².